The van der Waals surface area contributed by atoms with Crippen LogP contribution in [-0.2, 0) is 0 Å². The Labute approximate surface area is 83.1 Å². The topological polar surface area (TPSA) is 12.0 Å². The van der Waals surface area contributed by atoms with Gasteiger partial charge < -0.3 is 5.32 Å². The van der Waals surface area contributed by atoms with Crippen LogP contribution >= 0.6 is 0 Å². The largest absolute Gasteiger partial charge is 0.401 e. The molecule has 1 nitrogen and oxygen atoms in total. The Balaban J connectivity index is 2.24. The molecular weight excluding hydrogens is 191 g/mol. The van der Waals surface area contributed by atoms with Crippen LogP contribution in [-0.4, -0.2) is 18.8 Å². The lowest BCUT2D eigenvalue weighted by Gasteiger charge is -2.29. The van der Waals surface area contributed by atoms with Gasteiger partial charge in [0.25, 0.3) is 0 Å². The second-order valence-electron chi connectivity index (χ2n) is 4.13. The van der Waals surface area contributed by atoms with Crippen molar-refractivity contribution in [3.8, 4) is 0 Å². The van der Waals surface area contributed by atoms with Gasteiger partial charge in [-0.25, -0.2) is 0 Å². The van der Waals surface area contributed by atoms with Gasteiger partial charge in [0.2, 0.25) is 0 Å². The van der Waals surface area contributed by atoms with Crippen molar-refractivity contribution in [2.45, 2.75) is 51.2 Å². The van der Waals surface area contributed by atoms with E-state index in [9.17, 15) is 13.2 Å². The van der Waals surface area contributed by atoms with E-state index in [1.54, 1.807) is 0 Å². The van der Waals surface area contributed by atoms with Crippen LogP contribution < -0.4 is 5.32 Å². The summed E-state index contributed by atoms with van der Waals surface area (Å²) in [5.74, 6) is 0.620. The maximum absolute atomic E-state index is 11.9. The number of rotatable bonds is 3. The maximum atomic E-state index is 11.9. The standard InChI is InChI=1S/C10H18F3N/c1-2-8-4-3-5-9(6-8)14-7-10(11,12)13/h8-9,14H,2-7H2,1H3. The molecular formula is C10H18F3N. The molecule has 1 N–H and O–H groups in total. The first-order chi connectivity index (χ1) is 6.51. The van der Waals surface area contributed by atoms with Crippen LogP contribution in [0.1, 0.15) is 39.0 Å². The summed E-state index contributed by atoms with van der Waals surface area (Å²) < 4.78 is 35.8. The van der Waals surface area contributed by atoms with E-state index in [1.165, 1.54) is 6.42 Å². The third-order valence-corrected chi connectivity index (χ3v) is 2.95. The van der Waals surface area contributed by atoms with E-state index < -0.39 is 12.7 Å². The number of alkyl halides is 3. The summed E-state index contributed by atoms with van der Waals surface area (Å²) in [4.78, 5) is 0. The zero-order valence-corrected chi connectivity index (χ0v) is 8.53. The van der Waals surface area contributed by atoms with Crippen molar-refractivity contribution in [1.29, 1.82) is 0 Å². The molecule has 0 aromatic carbocycles. The van der Waals surface area contributed by atoms with E-state index in [0.717, 1.165) is 25.7 Å². The van der Waals surface area contributed by atoms with E-state index in [0.29, 0.717) is 5.92 Å². The van der Waals surface area contributed by atoms with Crippen molar-refractivity contribution < 1.29 is 13.2 Å². The van der Waals surface area contributed by atoms with Crippen LogP contribution in [0.3, 0.4) is 0 Å². The van der Waals surface area contributed by atoms with Gasteiger partial charge in [-0.15, -0.1) is 0 Å². The highest BCUT2D eigenvalue weighted by atomic mass is 19.4. The van der Waals surface area contributed by atoms with Crippen LogP contribution in [0.25, 0.3) is 0 Å². The molecule has 0 aliphatic heterocycles. The van der Waals surface area contributed by atoms with Crippen LogP contribution in [0.5, 0.6) is 0 Å². The number of hydrogen-bond acceptors (Lipinski definition) is 1. The van der Waals surface area contributed by atoms with E-state index >= 15 is 0 Å². The van der Waals surface area contributed by atoms with Crippen molar-refractivity contribution in [2.75, 3.05) is 6.54 Å². The van der Waals surface area contributed by atoms with Gasteiger partial charge in [0.05, 0.1) is 6.54 Å². The first-order valence-electron chi connectivity index (χ1n) is 5.31. The van der Waals surface area contributed by atoms with E-state index in [1.807, 2.05) is 0 Å². The number of hydrogen-bond donors (Lipinski definition) is 1. The van der Waals surface area contributed by atoms with Gasteiger partial charge in [0.15, 0.2) is 0 Å². The minimum Gasteiger partial charge on any atom is -0.306 e. The Kier molecular flexibility index (Phi) is 4.23. The van der Waals surface area contributed by atoms with Crippen molar-refractivity contribution in [3.05, 3.63) is 0 Å². The zero-order chi connectivity index (χ0) is 10.6. The van der Waals surface area contributed by atoms with Crippen molar-refractivity contribution in [3.63, 3.8) is 0 Å². The molecule has 0 spiro atoms. The van der Waals surface area contributed by atoms with E-state index in [4.69, 9.17) is 0 Å². The summed E-state index contributed by atoms with van der Waals surface area (Å²) >= 11 is 0. The summed E-state index contributed by atoms with van der Waals surface area (Å²) in [6.45, 7) is 1.27. The summed E-state index contributed by atoms with van der Waals surface area (Å²) in [6.07, 6.45) is 1.07. The second-order valence-corrected chi connectivity index (χ2v) is 4.13. The van der Waals surface area contributed by atoms with Crippen LogP contribution in [0.4, 0.5) is 13.2 Å². The molecule has 1 saturated carbocycles. The van der Waals surface area contributed by atoms with Gasteiger partial charge >= 0.3 is 6.18 Å². The molecule has 1 fully saturated rings. The van der Waals surface area contributed by atoms with E-state index in [2.05, 4.69) is 12.2 Å². The molecule has 1 aliphatic carbocycles. The minimum absolute atomic E-state index is 0.0790. The highest BCUT2D eigenvalue weighted by Gasteiger charge is 2.29. The fraction of sp³-hybridized carbons (Fsp3) is 1.00. The predicted octanol–water partition coefficient (Wildman–Crippen LogP) is 3.11. The molecule has 0 amide bonds. The highest BCUT2D eigenvalue weighted by molar-refractivity contribution is 4.78. The van der Waals surface area contributed by atoms with Crippen LogP contribution in [0.2, 0.25) is 0 Å². The first kappa shape index (κ1) is 11.8. The summed E-state index contributed by atoms with van der Waals surface area (Å²) in [7, 11) is 0. The summed E-state index contributed by atoms with van der Waals surface area (Å²) in [6, 6.07) is 0.0790. The lowest BCUT2D eigenvalue weighted by molar-refractivity contribution is -0.126. The van der Waals surface area contributed by atoms with Gasteiger partial charge in [-0.2, -0.15) is 13.2 Å². The quantitative estimate of drug-likeness (QED) is 0.753. The Hall–Kier alpha value is -0.250. The molecule has 84 valence electrons. The molecule has 4 heteroatoms. The molecule has 14 heavy (non-hydrogen) atoms. The monoisotopic (exact) mass is 209 g/mol. The maximum Gasteiger partial charge on any atom is 0.401 e. The van der Waals surface area contributed by atoms with Gasteiger partial charge in [-0.3, -0.25) is 0 Å². The van der Waals surface area contributed by atoms with E-state index in [-0.39, 0.29) is 6.04 Å². The third kappa shape index (κ3) is 4.31. The van der Waals surface area contributed by atoms with Crippen molar-refractivity contribution in [2.24, 2.45) is 5.92 Å². The second kappa shape index (κ2) is 5.01. The zero-order valence-electron chi connectivity index (χ0n) is 8.53. The Morgan fingerprint density at radius 1 is 1.29 bits per heavy atom. The Bertz CT molecular complexity index is 167. The third-order valence-electron chi connectivity index (χ3n) is 2.95. The SMILES string of the molecule is CCC1CCCC(NCC(F)(F)F)C1. The number of halogens is 3. The fourth-order valence-electron chi connectivity index (χ4n) is 2.11. The highest BCUT2D eigenvalue weighted by Crippen LogP contribution is 2.27. The normalized spacial score (nSPS) is 29.1. The molecule has 0 heterocycles. The summed E-state index contributed by atoms with van der Waals surface area (Å²) in [5, 5.41) is 2.60. The molecule has 0 radical (unpaired) electrons. The van der Waals surface area contributed by atoms with Gasteiger partial charge in [0.1, 0.15) is 0 Å². The lowest BCUT2D eigenvalue weighted by Crippen LogP contribution is -2.39. The van der Waals surface area contributed by atoms with Crippen LogP contribution in [0.15, 0.2) is 0 Å². The Morgan fingerprint density at radius 3 is 2.57 bits per heavy atom. The molecule has 0 bridgehead atoms. The Morgan fingerprint density at radius 2 is 2.00 bits per heavy atom. The van der Waals surface area contributed by atoms with Crippen molar-refractivity contribution >= 4 is 0 Å². The molecule has 2 unspecified atom stereocenters. The van der Waals surface area contributed by atoms with Crippen molar-refractivity contribution in [1.82, 2.24) is 5.32 Å². The molecule has 0 saturated heterocycles. The minimum atomic E-state index is -4.07. The summed E-state index contributed by atoms with van der Waals surface area (Å²) in [5.41, 5.74) is 0. The molecule has 2 atom stereocenters. The molecule has 0 aromatic heterocycles. The van der Waals surface area contributed by atoms with Crippen LogP contribution in [0, 0.1) is 5.92 Å². The molecule has 0 aromatic rings. The number of nitrogens with one attached hydrogen (secondary N) is 1. The van der Waals surface area contributed by atoms with Gasteiger partial charge in [-0.1, -0.05) is 26.2 Å². The average molecular weight is 209 g/mol. The smallest absolute Gasteiger partial charge is 0.306 e. The molecule has 1 rings (SSSR count). The fourth-order valence-corrected chi connectivity index (χ4v) is 2.11. The lowest BCUT2D eigenvalue weighted by atomic mass is 9.84. The average Bonchev–Trinajstić information content (AvgIpc) is 2.14. The van der Waals surface area contributed by atoms with Gasteiger partial charge in [0, 0.05) is 6.04 Å². The molecule has 1 aliphatic rings. The van der Waals surface area contributed by atoms with Gasteiger partial charge in [-0.05, 0) is 18.8 Å². The predicted molar refractivity (Wildman–Crippen MR) is 50.1 cm³/mol. The first-order valence-corrected chi connectivity index (χ1v) is 5.31.